The topological polar surface area (TPSA) is 119 Å². The Morgan fingerprint density at radius 2 is 0.925 bits per heavy atom. The minimum Gasteiger partial charge on any atom is -0.481 e. The Morgan fingerprint density at radius 1 is 0.509 bits per heavy atom. The number of nitrogens with one attached hydrogen (secondary N) is 1. The lowest BCUT2D eigenvalue weighted by Gasteiger charge is -2.17. The second-order valence-corrected chi connectivity index (χ2v) is 14.1. The number of allylic oxidation sites excluding steroid dienone is 8. The van der Waals surface area contributed by atoms with E-state index >= 15 is 0 Å². The zero-order chi connectivity index (χ0) is 38.9. The summed E-state index contributed by atoms with van der Waals surface area (Å²) in [7, 11) is 0. The molecule has 1 unspecified atom stereocenters. The third-order valence-electron chi connectivity index (χ3n) is 9.02. The van der Waals surface area contributed by atoms with Crippen LogP contribution in [0.5, 0.6) is 0 Å². The van der Waals surface area contributed by atoms with Crippen LogP contribution in [-0.2, 0) is 28.7 Å². The molecule has 0 saturated heterocycles. The Kier molecular flexibility index (Phi) is 37.6. The molecule has 0 aromatic heterocycles. The highest BCUT2D eigenvalue weighted by Crippen LogP contribution is 2.11. The summed E-state index contributed by atoms with van der Waals surface area (Å²) in [6.07, 6.45) is 44.6. The van der Waals surface area contributed by atoms with Gasteiger partial charge in [-0.2, -0.15) is 0 Å². The van der Waals surface area contributed by atoms with Gasteiger partial charge in [-0.25, -0.2) is 4.79 Å². The van der Waals surface area contributed by atoms with E-state index in [1.807, 2.05) is 0 Å². The minimum absolute atomic E-state index is 0.0356. The molecule has 0 saturated carbocycles. The molecule has 1 atom stereocenters. The minimum atomic E-state index is -1.09. The van der Waals surface area contributed by atoms with E-state index in [9.17, 15) is 19.2 Å². The van der Waals surface area contributed by atoms with Gasteiger partial charge < -0.3 is 19.9 Å². The molecule has 0 heterocycles. The van der Waals surface area contributed by atoms with Gasteiger partial charge in [0.25, 0.3) is 0 Å². The highest BCUT2D eigenvalue weighted by Gasteiger charge is 2.24. The number of hydrogen-bond donors (Lipinski definition) is 2. The molecule has 0 rings (SSSR count). The summed E-state index contributed by atoms with van der Waals surface area (Å²) in [4.78, 5) is 48.3. The summed E-state index contributed by atoms with van der Waals surface area (Å²) in [5, 5.41) is 11.5. The van der Waals surface area contributed by atoms with E-state index in [-0.39, 0.29) is 32.3 Å². The second-order valence-electron chi connectivity index (χ2n) is 14.1. The molecular formula is C45H77NO7. The van der Waals surface area contributed by atoms with Crippen LogP contribution in [0.3, 0.4) is 0 Å². The number of hydrogen-bond acceptors (Lipinski definition) is 6. The van der Waals surface area contributed by atoms with Crippen LogP contribution in [0, 0.1) is 0 Å². The summed E-state index contributed by atoms with van der Waals surface area (Å²) < 4.78 is 10.8. The molecule has 2 N–H and O–H groups in total. The number of ether oxygens (including phenoxy) is 2. The molecular weight excluding hydrogens is 666 g/mol. The first-order valence-electron chi connectivity index (χ1n) is 21.3. The van der Waals surface area contributed by atoms with Crippen LogP contribution < -0.4 is 5.32 Å². The molecule has 0 aliphatic carbocycles. The van der Waals surface area contributed by atoms with Crippen molar-refractivity contribution in [3.8, 4) is 0 Å². The summed E-state index contributed by atoms with van der Waals surface area (Å²) in [5.41, 5.74) is 0. The lowest BCUT2D eigenvalue weighted by molar-refractivity contribution is -0.149. The van der Waals surface area contributed by atoms with Crippen LogP contribution >= 0.6 is 0 Å². The Bertz CT molecular complexity index is 1020. The maximum Gasteiger partial charge on any atom is 0.328 e. The van der Waals surface area contributed by atoms with Gasteiger partial charge in [-0.3, -0.25) is 14.4 Å². The summed E-state index contributed by atoms with van der Waals surface area (Å²) in [6, 6.07) is -1.02. The lowest BCUT2D eigenvalue weighted by Crippen LogP contribution is -2.42. The maximum absolute atomic E-state index is 12.8. The van der Waals surface area contributed by atoms with Crippen LogP contribution in [-0.4, -0.2) is 48.2 Å². The van der Waals surface area contributed by atoms with Gasteiger partial charge in [0.05, 0.1) is 19.6 Å². The van der Waals surface area contributed by atoms with Crippen LogP contribution in [0.25, 0.3) is 0 Å². The number of carboxylic acids is 1. The second kappa shape index (κ2) is 40.0. The Hall–Kier alpha value is -3.16. The molecule has 0 aliphatic rings. The maximum atomic E-state index is 12.8. The van der Waals surface area contributed by atoms with Gasteiger partial charge in [-0.15, -0.1) is 0 Å². The van der Waals surface area contributed by atoms with Crippen molar-refractivity contribution in [3.63, 3.8) is 0 Å². The first kappa shape index (κ1) is 49.8. The van der Waals surface area contributed by atoms with Gasteiger partial charge >= 0.3 is 17.9 Å². The van der Waals surface area contributed by atoms with E-state index in [4.69, 9.17) is 14.6 Å². The summed E-state index contributed by atoms with van der Waals surface area (Å²) in [5.74, 6) is -2.67. The number of carboxylic acid groups (broad SMARTS) is 1. The fourth-order valence-electron chi connectivity index (χ4n) is 5.71. The molecule has 8 nitrogen and oxygen atoms in total. The largest absolute Gasteiger partial charge is 0.481 e. The van der Waals surface area contributed by atoms with Crippen molar-refractivity contribution in [1.82, 2.24) is 5.32 Å². The smallest absolute Gasteiger partial charge is 0.328 e. The van der Waals surface area contributed by atoms with Crippen molar-refractivity contribution in [2.24, 2.45) is 0 Å². The molecule has 0 spiro atoms. The Morgan fingerprint density at radius 3 is 1.38 bits per heavy atom. The zero-order valence-electron chi connectivity index (χ0n) is 33.8. The number of aliphatic carboxylic acids is 1. The number of rotatable bonds is 38. The van der Waals surface area contributed by atoms with Crippen molar-refractivity contribution in [2.75, 3.05) is 13.2 Å². The number of carbonyl (C=O) groups is 4. The molecule has 0 bridgehead atoms. The third-order valence-corrected chi connectivity index (χ3v) is 9.02. The van der Waals surface area contributed by atoms with E-state index in [0.29, 0.717) is 6.61 Å². The molecule has 0 fully saturated rings. The molecule has 53 heavy (non-hydrogen) atoms. The van der Waals surface area contributed by atoms with E-state index in [2.05, 4.69) is 67.8 Å². The number of unbranched alkanes of at least 4 members (excludes halogenated alkanes) is 18. The van der Waals surface area contributed by atoms with E-state index < -0.39 is 29.9 Å². The van der Waals surface area contributed by atoms with Crippen LogP contribution in [0.4, 0.5) is 0 Å². The predicted octanol–water partition coefficient (Wildman–Crippen LogP) is 11.8. The summed E-state index contributed by atoms with van der Waals surface area (Å²) in [6.45, 7) is 5.03. The molecule has 304 valence electrons. The van der Waals surface area contributed by atoms with Gasteiger partial charge in [0.1, 0.15) is 6.04 Å². The number of amides is 1. The molecule has 0 aromatic rings. The van der Waals surface area contributed by atoms with E-state index in [0.717, 1.165) is 70.6 Å². The predicted molar refractivity (Wildman–Crippen MR) is 219 cm³/mol. The van der Waals surface area contributed by atoms with Crippen molar-refractivity contribution in [1.29, 1.82) is 0 Å². The van der Waals surface area contributed by atoms with Gasteiger partial charge in [0.2, 0.25) is 5.91 Å². The van der Waals surface area contributed by atoms with Crippen LogP contribution in [0.2, 0.25) is 0 Å². The van der Waals surface area contributed by atoms with Crippen molar-refractivity contribution >= 4 is 23.8 Å². The molecule has 0 radical (unpaired) electrons. The standard InChI is InChI=1S/C45H77NO7/c1-3-5-7-9-11-13-15-17-19-21-23-25-27-29-31-33-39-52-44(50)38-35-41(46-42(47)36-37-43(48)49)45(51)53-40-34-32-30-28-26-24-22-20-18-16-14-12-10-8-6-4-2/h11-14,17-20,41H,3-10,15-16,21-40H2,1-2H3,(H,46,47)(H,48,49)/b13-11-,14-12-,19-17-,20-18-. The van der Waals surface area contributed by atoms with Gasteiger partial charge in [0.15, 0.2) is 0 Å². The van der Waals surface area contributed by atoms with Gasteiger partial charge in [-0.05, 0) is 83.5 Å². The van der Waals surface area contributed by atoms with Crippen molar-refractivity contribution in [3.05, 3.63) is 48.6 Å². The Balaban J connectivity index is 4.12. The number of carbonyl (C=O) groups excluding carboxylic acids is 3. The Labute approximate surface area is 323 Å². The fraction of sp³-hybridized carbons (Fsp3) is 0.733. The van der Waals surface area contributed by atoms with Gasteiger partial charge in [0, 0.05) is 12.8 Å². The quantitative estimate of drug-likeness (QED) is 0.0367. The molecule has 0 aromatic carbocycles. The van der Waals surface area contributed by atoms with E-state index in [1.54, 1.807) is 0 Å². The molecule has 1 amide bonds. The first-order valence-corrected chi connectivity index (χ1v) is 21.3. The average molecular weight is 744 g/mol. The van der Waals surface area contributed by atoms with Crippen molar-refractivity contribution < 1.29 is 33.8 Å². The highest BCUT2D eigenvalue weighted by atomic mass is 16.5. The number of esters is 2. The van der Waals surface area contributed by atoms with Crippen LogP contribution in [0.15, 0.2) is 48.6 Å². The summed E-state index contributed by atoms with van der Waals surface area (Å²) >= 11 is 0. The highest BCUT2D eigenvalue weighted by molar-refractivity contribution is 5.86. The monoisotopic (exact) mass is 744 g/mol. The van der Waals surface area contributed by atoms with E-state index in [1.165, 1.54) is 83.5 Å². The lowest BCUT2D eigenvalue weighted by atomic mass is 10.1. The normalized spacial score (nSPS) is 12.3. The molecule has 8 heteroatoms. The first-order chi connectivity index (χ1) is 25.9. The fourth-order valence-corrected chi connectivity index (χ4v) is 5.71. The van der Waals surface area contributed by atoms with Crippen molar-refractivity contribution in [2.45, 2.75) is 200 Å². The molecule has 0 aliphatic heterocycles. The average Bonchev–Trinajstić information content (AvgIpc) is 3.14. The van der Waals surface area contributed by atoms with Gasteiger partial charge in [-0.1, -0.05) is 140 Å². The SMILES string of the molecule is CCCCC/C=C\C/C=C\CCCCCCCCOC(=O)CCC(NC(=O)CCC(=O)O)C(=O)OCCCCCCCC/C=C\C/C=C\CCCCC. The van der Waals surface area contributed by atoms with Crippen LogP contribution in [0.1, 0.15) is 194 Å². The zero-order valence-corrected chi connectivity index (χ0v) is 33.8. The third kappa shape index (κ3) is 38.4.